The number of carbonyl (C=O) groups excluding carboxylic acids is 1. The fourth-order valence-electron chi connectivity index (χ4n) is 2.20. The van der Waals surface area contributed by atoms with Gasteiger partial charge in [-0.15, -0.1) is 0 Å². The van der Waals surface area contributed by atoms with Crippen molar-refractivity contribution in [3.8, 4) is 5.75 Å². The van der Waals surface area contributed by atoms with Gasteiger partial charge in [0.25, 0.3) is 11.7 Å². The topological polar surface area (TPSA) is 81.4 Å². The molecule has 0 unspecified atom stereocenters. The molecule has 25 heavy (non-hydrogen) atoms. The summed E-state index contributed by atoms with van der Waals surface area (Å²) in [5.74, 6) is 0.972. The van der Waals surface area contributed by atoms with Gasteiger partial charge in [-0.2, -0.15) is 5.10 Å². The van der Waals surface area contributed by atoms with Gasteiger partial charge in [-0.1, -0.05) is 11.6 Å². The Morgan fingerprint density at radius 1 is 1.20 bits per heavy atom. The quantitative estimate of drug-likeness (QED) is 0.729. The molecule has 0 fully saturated rings. The fourth-order valence-corrected chi connectivity index (χ4v) is 2.33. The number of imidazole rings is 1. The predicted octanol–water partition coefficient (Wildman–Crippen LogP) is 2.13. The Hall–Kier alpha value is -2.67. The van der Waals surface area contributed by atoms with Crippen LogP contribution in [0.15, 0.2) is 30.5 Å². The zero-order chi connectivity index (χ0) is 17.8. The van der Waals surface area contributed by atoms with Crippen molar-refractivity contribution in [3.05, 3.63) is 52.6 Å². The van der Waals surface area contributed by atoms with Crippen molar-refractivity contribution in [2.45, 2.75) is 20.3 Å². The first-order chi connectivity index (χ1) is 12.0. The molecule has 3 rings (SSSR count). The Morgan fingerprint density at radius 2 is 1.96 bits per heavy atom. The molecule has 0 atom stereocenters. The Kier molecular flexibility index (Phi) is 5.14. The average molecular weight is 360 g/mol. The zero-order valence-electron chi connectivity index (χ0n) is 14.0. The summed E-state index contributed by atoms with van der Waals surface area (Å²) < 4.78 is 7.05. The Labute approximate surface area is 150 Å². The number of fused-ring (bicyclic) bond motifs is 1. The van der Waals surface area contributed by atoms with Gasteiger partial charge in [0, 0.05) is 18.0 Å². The third-order valence-corrected chi connectivity index (χ3v) is 3.91. The largest absolute Gasteiger partial charge is 0.484 e. The number of amides is 1. The van der Waals surface area contributed by atoms with Gasteiger partial charge in [-0.05, 0) is 38.1 Å². The van der Waals surface area contributed by atoms with Crippen molar-refractivity contribution in [3.63, 3.8) is 0 Å². The molecule has 7 nitrogen and oxygen atoms in total. The predicted molar refractivity (Wildman–Crippen MR) is 93.9 cm³/mol. The van der Waals surface area contributed by atoms with Gasteiger partial charge in [0.05, 0.1) is 23.3 Å². The number of rotatable bonds is 6. The highest BCUT2D eigenvalue weighted by atomic mass is 35.5. The highest BCUT2D eigenvalue weighted by Gasteiger charge is 2.07. The van der Waals surface area contributed by atoms with Crippen molar-refractivity contribution in [2.75, 3.05) is 13.2 Å². The molecule has 0 spiro atoms. The molecule has 0 saturated carbocycles. The van der Waals surface area contributed by atoms with Crippen molar-refractivity contribution >= 4 is 23.3 Å². The van der Waals surface area contributed by atoms with E-state index in [-0.39, 0.29) is 12.5 Å². The number of nitrogens with zero attached hydrogens (tertiary/aromatic N) is 4. The summed E-state index contributed by atoms with van der Waals surface area (Å²) in [7, 11) is 0. The van der Waals surface area contributed by atoms with Crippen molar-refractivity contribution in [1.29, 1.82) is 0 Å². The number of carbonyl (C=O) groups is 1. The normalized spacial score (nSPS) is 10.8. The van der Waals surface area contributed by atoms with Crippen LogP contribution in [0, 0.1) is 13.8 Å². The van der Waals surface area contributed by atoms with E-state index in [1.807, 2.05) is 20.0 Å². The van der Waals surface area contributed by atoms with E-state index in [4.69, 9.17) is 16.3 Å². The standard InChI is InChI=1S/C17H18ClN5O2/c1-11-12(2)22-23-9-14(21-17(23)20-11)7-8-19-16(24)10-25-15-5-3-13(18)4-6-15/h3-6,9H,7-8,10H2,1-2H3,(H,19,24). The first-order valence-electron chi connectivity index (χ1n) is 7.86. The molecule has 0 aliphatic rings. The van der Waals surface area contributed by atoms with Crippen LogP contribution in [0.1, 0.15) is 17.1 Å². The van der Waals surface area contributed by atoms with E-state index in [2.05, 4.69) is 20.4 Å². The lowest BCUT2D eigenvalue weighted by atomic mass is 10.3. The molecule has 0 saturated heterocycles. The van der Waals surface area contributed by atoms with Crippen LogP contribution in [0.2, 0.25) is 5.02 Å². The second-order valence-electron chi connectivity index (χ2n) is 5.60. The van der Waals surface area contributed by atoms with E-state index in [0.29, 0.717) is 29.5 Å². The van der Waals surface area contributed by atoms with E-state index in [9.17, 15) is 4.79 Å². The van der Waals surface area contributed by atoms with Gasteiger partial charge in [-0.25, -0.2) is 14.5 Å². The molecule has 0 aliphatic carbocycles. The molecule has 2 heterocycles. The molecular weight excluding hydrogens is 342 g/mol. The minimum Gasteiger partial charge on any atom is -0.484 e. The lowest BCUT2D eigenvalue weighted by Crippen LogP contribution is -2.30. The number of aryl methyl sites for hydroxylation is 2. The summed E-state index contributed by atoms with van der Waals surface area (Å²) in [5, 5.41) is 7.81. The number of nitrogens with one attached hydrogen (secondary N) is 1. The molecule has 2 aromatic heterocycles. The van der Waals surface area contributed by atoms with Gasteiger partial charge in [-0.3, -0.25) is 4.79 Å². The molecule has 8 heteroatoms. The smallest absolute Gasteiger partial charge is 0.257 e. The minimum atomic E-state index is -0.193. The van der Waals surface area contributed by atoms with Crippen molar-refractivity contribution < 1.29 is 9.53 Å². The second-order valence-corrected chi connectivity index (χ2v) is 6.04. The molecule has 1 N–H and O–H groups in total. The lowest BCUT2D eigenvalue weighted by Gasteiger charge is -2.06. The number of hydrogen-bond donors (Lipinski definition) is 1. The number of aromatic nitrogens is 4. The van der Waals surface area contributed by atoms with E-state index < -0.39 is 0 Å². The summed E-state index contributed by atoms with van der Waals surface area (Å²) in [5.41, 5.74) is 2.55. The highest BCUT2D eigenvalue weighted by Crippen LogP contribution is 2.15. The maximum atomic E-state index is 11.8. The van der Waals surface area contributed by atoms with Gasteiger partial charge in [0.2, 0.25) is 0 Å². The number of halogens is 1. The lowest BCUT2D eigenvalue weighted by molar-refractivity contribution is -0.123. The maximum absolute atomic E-state index is 11.8. The Bertz CT molecular complexity index is 853. The Balaban J connectivity index is 1.47. The Morgan fingerprint density at radius 3 is 2.72 bits per heavy atom. The molecule has 0 aliphatic heterocycles. The van der Waals surface area contributed by atoms with E-state index in [0.717, 1.165) is 17.1 Å². The van der Waals surface area contributed by atoms with Crippen LogP contribution in [0.5, 0.6) is 5.75 Å². The number of benzene rings is 1. The molecular formula is C17H18ClN5O2. The number of hydrogen-bond acceptors (Lipinski definition) is 5. The van der Waals surface area contributed by atoms with Crippen LogP contribution < -0.4 is 10.1 Å². The van der Waals surface area contributed by atoms with Crippen LogP contribution in [0.25, 0.3) is 5.78 Å². The van der Waals surface area contributed by atoms with Gasteiger partial charge >= 0.3 is 0 Å². The summed E-state index contributed by atoms with van der Waals surface area (Å²) in [6.45, 7) is 4.22. The zero-order valence-corrected chi connectivity index (χ0v) is 14.7. The van der Waals surface area contributed by atoms with Crippen LogP contribution >= 0.6 is 11.6 Å². The number of ether oxygens (including phenoxy) is 1. The van der Waals surface area contributed by atoms with Gasteiger partial charge < -0.3 is 10.1 Å². The van der Waals surface area contributed by atoms with Gasteiger partial charge in [0.1, 0.15) is 5.75 Å². The SMILES string of the molecule is Cc1nc2nc(CCNC(=O)COc3ccc(Cl)cc3)cn2nc1C. The molecule has 3 aromatic rings. The van der Waals surface area contributed by atoms with Crippen molar-refractivity contribution in [1.82, 2.24) is 24.9 Å². The van der Waals surface area contributed by atoms with E-state index in [1.165, 1.54) is 0 Å². The van der Waals surface area contributed by atoms with Crippen LogP contribution in [0.3, 0.4) is 0 Å². The summed E-state index contributed by atoms with van der Waals surface area (Å²) in [6.07, 6.45) is 2.42. The third-order valence-electron chi connectivity index (χ3n) is 3.66. The molecule has 130 valence electrons. The van der Waals surface area contributed by atoms with E-state index >= 15 is 0 Å². The highest BCUT2D eigenvalue weighted by molar-refractivity contribution is 6.30. The fraction of sp³-hybridized carbons (Fsp3) is 0.294. The minimum absolute atomic E-state index is 0.0473. The molecule has 1 aromatic carbocycles. The average Bonchev–Trinajstić information content (AvgIpc) is 2.96. The summed E-state index contributed by atoms with van der Waals surface area (Å²) in [4.78, 5) is 20.6. The maximum Gasteiger partial charge on any atom is 0.257 e. The molecule has 1 amide bonds. The van der Waals surface area contributed by atoms with Crippen molar-refractivity contribution in [2.24, 2.45) is 0 Å². The van der Waals surface area contributed by atoms with Crippen LogP contribution in [-0.2, 0) is 11.2 Å². The van der Waals surface area contributed by atoms with Crippen LogP contribution in [0.4, 0.5) is 0 Å². The monoisotopic (exact) mass is 359 g/mol. The summed E-state index contributed by atoms with van der Waals surface area (Å²) in [6, 6.07) is 6.86. The van der Waals surface area contributed by atoms with Crippen LogP contribution in [-0.4, -0.2) is 38.6 Å². The summed E-state index contributed by atoms with van der Waals surface area (Å²) >= 11 is 5.80. The van der Waals surface area contributed by atoms with Gasteiger partial charge in [0.15, 0.2) is 6.61 Å². The first kappa shape index (κ1) is 17.2. The first-order valence-corrected chi connectivity index (χ1v) is 8.23. The molecule has 0 bridgehead atoms. The second kappa shape index (κ2) is 7.48. The molecule has 0 radical (unpaired) electrons. The van der Waals surface area contributed by atoms with E-state index in [1.54, 1.807) is 28.8 Å². The third kappa shape index (κ3) is 4.45.